The summed E-state index contributed by atoms with van der Waals surface area (Å²) < 4.78 is 27.5. The quantitative estimate of drug-likeness (QED) is 0.695. The van der Waals surface area contributed by atoms with Crippen molar-refractivity contribution in [1.29, 1.82) is 0 Å². The van der Waals surface area contributed by atoms with Crippen molar-refractivity contribution < 1.29 is 33.3 Å². The van der Waals surface area contributed by atoms with E-state index in [-0.39, 0.29) is 37.9 Å². The summed E-state index contributed by atoms with van der Waals surface area (Å²) in [6.45, 7) is 0.354. The lowest BCUT2D eigenvalue weighted by Crippen LogP contribution is -2.46. The second-order valence-electron chi connectivity index (χ2n) is 7.17. The largest absolute Gasteiger partial charge is 0.497 e. The number of anilines is 1. The predicted molar refractivity (Wildman–Crippen MR) is 110 cm³/mol. The number of benzene rings is 2. The fourth-order valence-corrected chi connectivity index (χ4v) is 3.56. The zero-order valence-electron chi connectivity index (χ0n) is 17.0. The van der Waals surface area contributed by atoms with E-state index in [4.69, 9.17) is 23.7 Å². The maximum absolute atomic E-state index is 12.2. The van der Waals surface area contributed by atoms with Crippen LogP contribution < -0.4 is 20.1 Å². The van der Waals surface area contributed by atoms with Crippen LogP contribution in [0.1, 0.15) is 0 Å². The van der Waals surface area contributed by atoms with Crippen LogP contribution in [0.2, 0.25) is 0 Å². The van der Waals surface area contributed by atoms with E-state index in [1.165, 1.54) is 0 Å². The second-order valence-corrected chi connectivity index (χ2v) is 7.17. The maximum Gasteiger partial charge on any atom is 0.412 e. The number of amides is 2. The van der Waals surface area contributed by atoms with E-state index in [1.54, 1.807) is 43.5 Å². The van der Waals surface area contributed by atoms with Crippen molar-refractivity contribution in [3.05, 3.63) is 54.6 Å². The molecule has 0 radical (unpaired) electrons. The molecule has 0 aliphatic carbocycles. The molecule has 2 saturated heterocycles. The Morgan fingerprint density at radius 2 is 1.71 bits per heavy atom. The zero-order valence-corrected chi connectivity index (χ0v) is 17.0. The van der Waals surface area contributed by atoms with Gasteiger partial charge in [0.25, 0.3) is 5.91 Å². The van der Waals surface area contributed by atoms with Gasteiger partial charge in [-0.1, -0.05) is 18.2 Å². The van der Waals surface area contributed by atoms with E-state index >= 15 is 0 Å². The summed E-state index contributed by atoms with van der Waals surface area (Å²) in [4.78, 5) is 24.4. The van der Waals surface area contributed by atoms with Crippen LogP contribution in [-0.4, -0.2) is 63.3 Å². The molecule has 2 aromatic rings. The molecule has 2 aliphatic heterocycles. The molecule has 0 aromatic heterocycles. The number of fused-ring (bicyclic) bond motifs is 1. The number of hydrogen-bond donors (Lipinski definition) is 2. The molecule has 0 spiro atoms. The Labute approximate surface area is 179 Å². The molecule has 164 valence electrons. The first-order chi connectivity index (χ1) is 15.1. The molecule has 0 unspecified atom stereocenters. The smallest absolute Gasteiger partial charge is 0.412 e. The Morgan fingerprint density at radius 1 is 0.968 bits per heavy atom. The first-order valence-electron chi connectivity index (χ1n) is 9.94. The molecule has 31 heavy (non-hydrogen) atoms. The molecule has 9 nitrogen and oxygen atoms in total. The van der Waals surface area contributed by atoms with Gasteiger partial charge in [0.2, 0.25) is 0 Å². The third-order valence-corrected chi connectivity index (χ3v) is 5.06. The van der Waals surface area contributed by atoms with E-state index < -0.39 is 18.3 Å². The molecule has 0 saturated carbocycles. The number of carbonyl (C=O) groups is 2. The lowest BCUT2D eigenvalue weighted by Gasteiger charge is -2.18. The van der Waals surface area contributed by atoms with Crippen LogP contribution in [0, 0.1) is 0 Å². The van der Waals surface area contributed by atoms with E-state index in [0.717, 1.165) is 0 Å². The van der Waals surface area contributed by atoms with Gasteiger partial charge >= 0.3 is 6.09 Å². The predicted octanol–water partition coefficient (Wildman–Crippen LogP) is 1.97. The first kappa shape index (κ1) is 21.0. The van der Waals surface area contributed by atoms with E-state index in [0.29, 0.717) is 17.2 Å². The minimum Gasteiger partial charge on any atom is -0.497 e. The van der Waals surface area contributed by atoms with Crippen LogP contribution >= 0.6 is 0 Å². The Morgan fingerprint density at radius 3 is 2.45 bits per heavy atom. The van der Waals surface area contributed by atoms with Gasteiger partial charge in [-0.2, -0.15) is 0 Å². The van der Waals surface area contributed by atoms with Crippen molar-refractivity contribution in [2.45, 2.75) is 24.4 Å². The van der Waals surface area contributed by atoms with Gasteiger partial charge in [-0.15, -0.1) is 0 Å². The normalized spacial score (nSPS) is 24.2. The highest BCUT2D eigenvalue weighted by Gasteiger charge is 2.50. The minimum absolute atomic E-state index is 0.109. The van der Waals surface area contributed by atoms with Gasteiger partial charge in [0.05, 0.1) is 26.4 Å². The Bertz CT molecular complexity index is 890. The molecule has 2 aromatic carbocycles. The highest BCUT2D eigenvalue weighted by Crippen LogP contribution is 2.29. The Kier molecular flexibility index (Phi) is 6.54. The minimum atomic E-state index is -0.605. The number of ether oxygens (including phenoxy) is 5. The van der Waals surface area contributed by atoms with E-state index in [2.05, 4.69) is 10.6 Å². The number of para-hydroxylation sites is 1. The molecule has 2 fully saturated rings. The van der Waals surface area contributed by atoms with Gasteiger partial charge in [0.1, 0.15) is 23.7 Å². The van der Waals surface area contributed by atoms with Gasteiger partial charge in [-0.25, -0.2) is 4.79 Å². The SMILES string of the molecule is COc1ccc(NC(=O)O[C@@H]2CO[C@H]3[C@@H]2OC[C@@H]3NC(=O)COc2ccccc2)cc1. The van der Waals surface area contributed by atoms with Crippen molar-refractivity contribution in [2.75, 3.05) is 32.2 Å². The lowest BCUT2D eigenvalue weighted by atomic mass is 10.1. The fourth-order valence-electron chi connectivity index (χ4n) is 3.56. The lowest BCUT2D eigenvalue weighted by molar-refractivity contribution is -0.124. The molecule has 0 bridgehead atoms. The van der Waals surface area contributed by atoms with Gasteiger partial charge in [0.15, 0.2) is 12.7 Å². The standard InChI is InChI=1S/C22H24N2O7/c1-27-15-9-7-14(8-10-15)23-22(26)31-18-12-30-20-17(11-29-21(18)20)24-19(25)13-28-16-5-3-2-4-6-16/h2-10,17-18,20-21H,11-13H2,1H3,(H,23,26)(H,24,25)/t17-,18+,20+,21+/m0/s1. The monoisotopic (exact) mass is 428 g/mol. The van der Waals surface area contributed by atoms with Crippen LogP contribution in [0.15, 0.2) is 54.6 Å². The van der Waals surface area contributed by atoms with Gasteiger partial charge in [-0.05, 0) is 36.4 Å². The molecule has 2 N–H and O–H groups in total. The van der Waals surface area contributed by atoms with Gasteiger partial charge in [-0.3, -0.25) is 10.1 Å². The molecular weight excluding hydrogens is 404 g/mol. The Hall–Kier alpha value is -3.30. The number of carbonyl (C=O) groups excluding carboxylic acids is 2. The molecule has 4 atom stereocenters. The third kappa shape index (κ3) is 5.25. The molecule has 9 heteroatoms. The highest BCUT2D eigenvalue weighted by atomic mass is 16.6. The van der Waals surface area contributed by atoms with Crippen molar-refractivity contribution in [2.24, 2.45) is 0 Å². The van der Waals surface area contributed by atoms with Crippen LogP contribution in [0.5, 0.6) is 11.5 Å². The summed E-state index contributed by atoms with van der Waals surface area (Å²) in [7, 11) is 1.57. The molecule has 2 aliphatic rings. The molecule has 4 rings (SSSR count). The average molecular weight is 428 g/mol. The molecular formula is C22H24N2O7. The molecule has 2 amide bonds. The topological polar surface area (TPSA) is 104 Å². The second kappa shape index (κ2) is 9.67. The van der Waals surface area contributed by atoms with E-state index in [1.807, 2.05) is 18.2 Å². The van der Waals surface area contributed by atoms with Gasteiger partial charge in [0, 0.05) is 5.69 Å². The maximum atomic E-state index is 12.2. The van der Waals surface area contributed by atoms with E-state index in [9.17, 15) is 9.59 Å². The first-order valence-corrected chi connectivity index (χ1v) is 9.94. The summed E-state index contributed by atoms with van der Waals surface area (Å²) in [6.07, 6.45) is -2.00. The van der Waals surface area contributed by atoms with Crippen LogP contribution in [0.25, 0.3) is 0 Å². The number of hydrogen-bond acceptors (Lipinski definition) is 7. The zero-order chi connectivity index (χ0) is 21.6. The average Bonchev–Trinajstić information content (AvgIpc) is 3.37. The number of rotatable bonds is 7. The summed E-state index contributed by atoms with van der Waals surface area (Å²) in [5, 5.41) is 5.52. The van der Waals surface area contributed by atoms with Crippen molar-refractivity contribution in [3.8, 4) is 11.5 Å². The van der Waals surface area contributed by atoms with Crippen molar-refractivity contribution >= 4 is 17.7 Å². The van der Waals surface area contributed by atoms with Crippen LogP contribution in [-0.2, 0) is 19.0 Å². The number of nitrogens with one attached hydrogen (secondary N) is 2. The summed E-state index contributed by atoms with van der Waals surface area (Å²) in [6, 6.07) is 15.7. The van der Waals surface area contributed by atoms with Crippen LogP contribution in [0.3, 0.4) is 0 Å². The summed E-state index contributed by atoms with van der Waals surface area (Å²) in [5.41, 5.74) is 0.581. The summed E-state index contributed by atoms with van der Waals surface area (Å²) in [5.74, 6) is 1.03. The highest BCUT2D eigenvalue weighted by molar-refractivity contribution is 5.84. The fraction of sp³-hybridized carbons (Fsp3) is 0.364. The van der Waals surface area contributed by atoms with Gasteiger partial charge < -0.3 is 29.0 Å². The van der Waals surface area contributed by atoms with Crippen LogP contribution in [0.4, 0.5) is 10.5 Å². The third-order valence-electron chi connectivity index (χ3n) is 5.06. The number of methoxy groups -OCH3 is 1. The molecule has 2 heterocycles. The summed E-state index contributed by atoms with van der Waals surface area (Å²) >= 11 is 0. The van der Waals surface area contributed by atoms with Crippen molar-refractivity contribution in [1.82, 2.24) is 5.32 Å². The Balaban J connectivity index is 1.23. The van der Waals surface area contributed by atoms with Crippen molar-refractivity contribution in [3.63, 3.8) is 0 Å².